The molecule has 1 saturated carbocycles. The molecule has 0 saturated heterocycles. The molecule has 1 aromatic heterocycles. The van der Waals surface area contributed by atoms with Crippen molar-refractivity contribution in [1.29, 1.82) is 0 Å². The molecule has 1 aliphatic rings. The summed E-state index contributed by atoms with van der Waals surface area (Å²) in [6.45, 7) is 0.608. The minimum atomic E-state index is 0.199. The normalized spacial score (nSPS) is 15.1. The lowest BCUT2D eigenvalue weighted by Crippen LogP contribution is -2.15. The molecule has 17 heavy (non-hydrogen) atoms. The molecule has 1 fully saturated rings. The van der Waals surface area contributed by atoms with E-state index in [1.165, 1.54) is 12.8 Å². The number of nitrogens with one attached hydrogen (secondary N) is 1. The zero-order valence-electron chi connectivity index (χ0n) is 9.26. The minimum Gasteiger partial charge on any atom is -0.508 e. The Morgan fingerprint density at radius 3 is 3.06 bits per heavy atom. The first-order valence-electron chi connectivity index (χ1n) is 5.66. The maximum absolute atomic E-state index is 9.37. The number of benzene rings is 1. The second kappa shape index (κ2) is 4.18. The Balaban J connectivity index is 1.74. The molecule has 0 unspecified atom stereocenters. The number of phenolic OH excluding ortho intramolecular Hbond substituents is 1. The highest BCUT2D eigenvalue weighted by molar-refractivity contribution is 5.56. The fraction of sp³-hybridized carbons (Fsp3) is 0.333. The summed E-state index contributed by atoms with van der Waals surface area (Å²) in [5.41, 5.74) is 0.756. The van der Waals surface area contributed by atoms with E-state index in [1.807, 2.05) is 6.07 Å². The van der Waals surface area contributed by atoms with Crippen LogP contribution in [0.3, 0.4) is 0 Å². The predicted octanol–water partition coefficient (Wildman–Crippen LogP) is 1.69. The molecule has 2 N–H and O–H groups in total. The molecule has 5 heteroatoms. The van der Waals surface area contributed by atoms with Crippen molar-refractivity contribution in [2.75, 3.05) is 0 Å². The maximum Gasteiger partial charge on any atom is 0.240 e. The number of phenols is 1. The van der Waals surface area contributed by atoms with Crippen molar-refractivity contribution in [3.63, 3.8) is 0 Å². The van der Waals surface area contributed by atoms with Crippen LogP contribution in [0.4, 0.5) is 0 Å². The number of aromatic hydroxyl groups is 1. The Morgan fingerprint density at radius 2 is 2.29 bits per heavy atom. The molecule has 0 bridgehead atoms. The lowest BCUT2D eigenvalue weighted by atomic mass is 10.2. The van der Waals surface area contributed by atoms with Gasteiger partial charge < -0.3 is 14.9 Å². The smallest absolute Gasteiger partial charge is 0.240 e. The molecule has 1 aromatic carbocycles. The van der Waals surface area contributed by atoms with Crippen molar-refractivity contribution >= 4 is 0 Å². The van der Waals surface area contributed by atoms with E-state index < -0.39 is 0 Å². The van der Waals surface area contributed by atoms with Gasteiger partial charge in [0.2, 0.25) is 11.7 Å². The molecule has 1 aliphatic carbocycles. The van der Waals surface area contributed by atoms with E-state index in [-0.39, 0.29) is 5.75 Å². The summed E-state index contributed by atoms with van der Waals surface area (Å²) in [6, 6.07) is 7.43. The summed E-state index contributed by atoms with van der Waals surface area (Å²) < 4.78 is 5.13. The van der Waals surface area contributed by atoms with Crippen LogP contribution in [-0.2, 0) is 6.54 Å². The van der Waals surface area contributed by atoms with Crippen LogP contribution in [0.25, 0.3) is 11.4 Å². The number of hydrogen-bond donors (Lipinski definition) is 2. The molecular weight excluding hydrogens is 218 g/mol. The van der Waals surface area contributed by atoms with E-state index in [0.717, 1.165) is 5.56 Å². The molecule has 2 aromatic rings. The summed E-state index contributed by atoms with van der Waals surface area (Å²) >= 11 is 0. The van der Waals surface area contributed by atoms with Gasteiger partial charge in [-0.2, -0.15) is 4.98 Å². The van der Waals surface area contributed by atoms with Gasteiger partial charge in [0, 0.05) is 11.6 Å². The minimum absolute atomic E-state index is 0.199. The molecular formula is C12H13N3O2. The summed E-state index contributed by atoms with van der Waals surface area (Å²) in [4.78, 5) is 4.27. The van der Waals surface area contributed by atoms with Crippen LogP contribution in [0.1, 0.15) is 18.7 Å². The third-order valence-electron chi connectivity index (χ3n) is 2.69. The molecule has 0 spiro atoms. The van der Waals surface area contributed by atoms with Crippen LogP contribution in [0.2, 0.25) is 0 Å². The van der Waals surface area contributed by atoms with Crippen molar-refractivity contribution in [2.24, 2.45) is 0 Å². The van der Waals surface area contributed by atoms with Crippen molar-refractivity contribution in [3.8, 4) is 17.1 Å². The molecule has 3 rings (SSSR count). The third-order valence-corrected chi connectivity index (χ3v) is 2.69. The van der Waals surface area contributed by atoms with Crippen LogP contribution in [0, 0.1) is 0 Å². The average Bonchev–Trinajstić information content (AvgIpc) is 3.04. The first-order valence-corrected chi connectivity index (χ1v) is 5.66. The highest BCUT2D eigenvalue weighted by Crippen LogP contribution is 2.21. The van der Waals surface area contributed by atoms with Gasteiger partial charge in [-0.1, -0.05) is 17.3 Å². The Hall–Kier alpha value is -1.88. The van der Waals surface area contributed by atoms with E-state index in [9.17, 15) is 5.11 Å². The predicted molar refractivity (Wildman–Crippen MR) is 61.3 cm³/mol. The van der Waals surface area contributed by atoms with Crippen molar-refractivity contribution in [2.45, 2.75) is 25.4 Å². The quantitative estimate of drug-likeness (QED) is 0.837. The second-order valence-corrected chi connectivity index (χ2v) is 4.22. The topological polar surface area (TPSA) is 71.2 Å². The van der Waals surface area contributed by atoms with Gasteiger partial charge in [-0.05, 0) is 25.0 Å². The standard InChI is InChI=1S/C12H13N3O2/c16-10-3-1-2-8(6-10)12-14-11(17-15-12)7-13-9-4-5-9/h1-3,6,9,13,16H,4-5,7H2. The highest BCUT2D eigenvalue weighted by Gasteiger charge is 2.21. The number of rotatable bonds is 4. The van der Waals surface area contributed by atoms with Crippen LogP contribution < -0.4 is 5.32 Å². The average molecular weight is 231 g/mol. The zero-order chi connectivity index (χ0) is 11.7. The summed E-state index contributed by atoms with van der Waals surface area (Å²) in [5.74, 6) is 1.29. The van der Waals surface area contributed by atoms with Crippen LogP contribution in [-0.4, -0.2) is 21.3 Å². The van der Waals surface area contributed by atoms with E-state index in [4.69, 9.17) is 4.52 Å². The third kappa shape index (κ3) is 2.45. The van der Waals surface area contributed by atoms with E-state index in [1.54, 1.807) is 18.2 Å². The van der Waals surface area contributed by atoms with Gasteiger partial charge in [0.15, 0.2) is 0 Å². The number of aromatic nitrogens is 2. The zero-order valence-corrected chi connectivity index (χ0v) is 9.26. The van der Waals surface area contributed by atoms with Crippen LogP contribution in [0.15, 0.2) is 28.8 Å². The Bertz CT molecular complexity index is 520. The van der Waals surface area contributed by atoms with Gasteiger partial charge in [-0.3, -0.25) is 0 Å². The van der Waals surface area contributed by atoms with Gasteiger partial charge >= 0.3 is 0 Å². The fourth-order valence-corrected chi connectivity index (χ4v) is 1.61. The van der Waals surface area contributed by atoms with Gasteiger partial charge in [-0.15, -0.1) is 0 Å². The molecule has 0 radical (unpaired) electrons. The molecule has 5 nitrogen and oxygen atoms in total. The van der Waals surface area contributed by atoms with Crippen molar-refractivity contribution in [3.05, 3.63) is 30.2 Å². The summed E-state index contributed by atoms with van der Waals surface area (Å²) in [6.07, 6.45) is 2.46. The number of hydrogen-bond acceptors (Lipinski definition) is 5. The largest absolute Gasteiger partial charge is 0.508 e. The van der Waals surface area contributed by atoms with Crippen LogP contribution in [0.5, 0.6) is 5.75 Å². The first kappa shape index (κ1) is 10.3. The molecule has 1 heterocycles. The Labute approximate surface area is 98.5 Å². The summed E-state index contributed by atoms with van der Waals surface area (Å²) in [5, 5.41) is 16.6. The monoisotopic (exact) mass is 231 g/mol. The van der Waals surface area contributed by atoms with Crippen LogP contribution >= 0.6 is 0 Å². The number of nitrogens with zero attached hydrogens (tertiary/aromatic N) is 2. The maximum atomic E-state index is 9.37. The van der Waals surface area contributed by atoms with E-state index >= 15 is 0 Å². The lowest BCUT2D eigenvalue weighted by Gasteiger charge is -1.95. The van der Waals surface area contributed by atoms with Gasteiger partial charge in [0.25, 0.3) is 0 Å². The molecule has 0 amide bonds. The Morgan fingerprint density at radius 1 is 1.41 bits per heavy atom. The molecule has 0 aliphatic heterocycles. The van der Waals surface area contributed by atoms with E-state index in [0.29, 0.717) is 24.3 Å². The second-order valence-electron chi connectivity index (χ2n) is 4.22. The summed E-state index contributed by atoms with van der Waals surface area (Å²) in [7, 11) is 0. The van der Waals surface area contributed by atoms with Gasteiger partial charge in [0.1, 0.15) is 5.75 Å². The molecule has 0 atom stereocenters. The van der Waals surface area contributed by atoms with E-state index in [2.05, 4.69) is 15.5 Å². The molecule has 88 valence electrons. The highest BCUT2D eigenvalue weighted by atomic mass is 16.5. The van der Waals surface area contributed by atoms with Gasteiger partial charge in [-0.25, -0.2) is 0 Å². The van der Waals surface area contributed by atoms with Crippen molar-refractivity contribution in [1.82, 2.24) is 15.5 Å². The fourth-order valence-electron chi connectivity index (χ4n) is 1.61. The first-order chi connectivity index (χ1) is 8.31. The SMILES string of the molecule is Oc1cccc(-c2noc(CNC3CC3)n2)c1. The van der Waals surface area contributed by atoms with Crippen molar-refractivity contribution < 1.29 is 9.63 Å². The van der Waals surface area contributed by atoms with Gasteiger partial charge in [0.05, 0.1) is 6.54 Å². The lowest BCUT2D eigenvalue weighted by molar-refractivity contribution is 0.367. The Kier molecular flexibility index (Phi) is 2.53.